The van der Waals surface area contributed by atoms with Gasteiger partial charge in [-0.25, -0.2) is 0 Å². The first-order chi connectivity index (χ1) is 18.0. The molecule has 0 aromatic heterocycles. The normalized spacial score (nSPS) is 18.4. The highest BCUT2D eigenvalue weighted by atomic mass is 16.7. The van der Waals surface area contributed by atoms with Crippen LogP contribution in [0, 0.1) is 5.41 Å². The van der Waals surface area contributed by atoms with E-state index < -0.39 is 23.0 Å². The molecule has 1 heterocycles. The molecule has 222 valence electrons. The lowest BCUT2D eigenvalue weighted by atomic mass is 9.77. The first-order valence-electron chi connectivity index (χ1n) is 14.9. The lowest BCUT2D eigenvalue weighted by Gasteiger charge is -2.36. The van der Waals surface area contributed by atoms with Crippen molar-refractivity contribution in [2.75, 3.05) is 13.2 Å². The minimum absolute atomic E-state index is 0.0365. The monoisotopic (exact) mass is 541 g/mol. The third kappa shape index (κ3) is 13.9. The second-order valence-corrected chi connectivity index (χ2v) is 11.5. The van der Waals surface area contributed by atoms with Crippen LogP contribution in [0.25, 0.3) is 0 Å². The quantitative estimate of drug-likeness (QED) is 0.111. The van der Waals surface area contributed by atoms with E-state index in [1.165, 1.54) is 0 Å². The number of carboxylic acids is 1. The molecule has 8 nitrogen and oxygen atoms in total. The molecule has 1 rings (SSSR count). The Bertz CT molecular complexity index is 680. The summed E-state index contributed by atoms with van der Waals surface area (Å²) in [5, 5.41) is 12.5. The van der Waals surface area contributed by atoms with Gasteiger partial charge in [-0.3, -0.25) is 9.59 Å². The summed E-state index contributed by atoms with van der Waals surface area (Å²) in [5.41, 5.74) is -2.51. The molecule has 1 fully saturated rings. The van der Waals surface area contributed by atoms with E-state index in [2.05, 4.69) is 6.92 Å². The van der Waals surface area contributed by atoms with E-state index in [-0.39, 0.29) is 31.2 Å². The average molecular weight is 542 g/mol. The van der Waals surface area contributed by atoms with Crippen molar-refractivity contribution in [2.24, 2.45) is 5.41 Å². The fraction of sp³-hybridized carbons (Fsp3) is 0.900. The Kier molecular flexibility index (Phi) is 16.8. The molecule has 8 heteroatoms. The van der Waals surface area contributed by atoms with E-state index in [9.17, 15) is 19.5 Å². The first-order valence-corrected chi connectivity index (χ1v) is 14.9. The molecule has 0 amide bonds. The lowest BCUT2D eigenvalue weighted by molar-refractivity contribution is -0.319. The number of unbranched alkanes of at least 4 members (excludes halogenated alkanes) is 5. The Labute approximate surface area is 230 Å². The van der Waals surface area contributed by atoms with Crippen molar-refractivity contribution in [1.29, 1.82) is 0 Å². The number of ether oxygens (including phenoxy) is 4. The number of esters is 2. The molecule has 0 spiro atoms. The number of aliphatic carboxylic acids is 1. The van der Waals surface area contributed by atoms with Crippen LogP contribution in [-0.2, 0) is 33.3 Å². The van der Waals surface area contributed by atoms with Crippen molar-refractivity contribution in [3.8, 4) is 0 Å². The summed E-state index contributed by atoms with van der Waals surface area (Å²) < 4.78 is 22.6. The van der Waals surface area contributed by atoms with E-state index in [4.69, 9.17) is 18.9 Å². The highest BCUT2D eigenvalue weighted by molar-refractivity contribution is 5.98. The minimum Gasteiger partial charge on any atom is -0.549 e. The maximum atomic E-state index is 13.3. The number of hydrogen-bond donors (Lipinski definition) is 0. The first kappa shape index (κ1) is 34.4. The van der Waals surface area contributed by atoms with Crippen molar-refractivity contribution in [3.05, 3.63) is 0 Å². The maximum Gasteiger partial charge on any atom is 0.318 e. The van der Waals surface area contributed by atoms with E-state index in [1.807, 2.05) is 0 Å². The molecule has 2 unspecified atom stereocenters. The number of hydrogen-bond acceptors (Lipinski definition) is 8. The van der Waals surface area contributed by atoms with Crippen molar-refractivity contribution >= 4 is 17.9 Å². The zero-order chi connectivity index (χ0) is 28.4. The van der Waals surface area contributed by atoms with Gasteiger partial charge in [0.25, 0.3) is 0 Å². The van der Waals surface area contributed by atoms with Gasteiger partial charge in [-0.1, -0.05) is 45.4 Å². The molecule has 0 radical (unpaired) electrons. The Morgan fingerprint density at radius 3 is 2.21 bits per heavy atom. The maximum absolute atomic E-state index is 13.3. The van der Waals surface area contributed by atoms with Crippen LogP contribution < -0.4 is 5.11 Å². The van der Waals surface area contributed by atoms with Crippen molar-refractivity contribution < 1.29 is 38.4 Å². The molecule has 1 aliphatic heterocycles. The molecule has 0 saturated carbocycles. The van der Waals surface area contributed by atoms with Gasteiger partial charge in [0.15, 0.2) is 6.29 Å². The largest absolute Gasteiger partial charge is 0.549 e. The highest BCUT2D eigenvalue weighted by Gasteiger charge is 2.42. The van der Waals surface area contributed by atoms with Crippen molar-refractivity contribution in [2.45, 2.75) is 155 Å². The van der Waals surface area contributed by atoms with Crippen molar-refractivity contribution in [3.63, 3.8) is 0 Å². The van der Waals surface area contributed by atoms with Gasteiger partial charge in [-0.2, -0.15) is 0 Å². The SMILES string of the molecule is CCCCC[C@@H](CCCC(CCCCCCC(=O)OCC)(C(=O)[O-])C(=O)OC(C)(C)C)OC1CCCCO1. The summed E-state index contributed by atoms with van der Waals surface area (Å²) in [6.07, 6.45) is 11.4. The molecule has 38 heavy (non-hydrogen) atoms. The Morgan fingerprint density at radius 1 is 0.921 bits per heavy atom. The van der Waals surface area contributed by atoms with Crippen LogP contribution in [-0.4, -0.2) is 49.1 Å². The molecule has 0 aromatic rings. The lowest BCUT2D eigenvalue weighted by Crippen LogP contribution is -2.50. The van der Waals surface area contributed by atoms with Crippen LogP contribution in [0.15, 0.2) is 0 Å². The van der Waals surface area contributed by atoms with Gasteiger partial charge < -0.3 is 28.8 Å². The third-order valence-electron chi connectivity index (χ3n) is 6.96. The highest BCUT2D eigenvalue weighted by Crippen LogP contribution is 2.35. The van der Waals surface area contributed by atoms with E-state index in [0.29, 0.717) is 51.7 Å². The van der Waals surface area contributed by atoms with Crippen LogP contribution in [0.1, 0.15) is 137 Å². The Morgan fingerprint density at radius 2 is 1.61 bits per heavy atom. The molecule has 1 aliphatic rings. The molecular formula is C30H53O8-. The second kappa shape index (κ2) is 18.6. The van der Waals surface area contributed by atoms with Gasteiger partial charge in [0.2, 0.25) is 0 Å². The molecule has 1 saturated heterocycles. The van der Waals surface area contributed by atoms with E-state index in [0.717, 1.165) is 51.4 Å². The smallest absolute Gasteiger partial charge is 0.318 e. The average Bonchev–Trinajstić information content (AvgIpc) is 2.84. The van der Waals surface area contributed by atoms with Crippen LogP contribution in [0.3, 0.4) is 0 Å². The predicted octanol–water partition coefficient (Wildman–Crippen LogP) is 5.63. The van der Waals surface area contributed by atoms with E-state index in [1.54, 1.807) is 27.7 Å². The Balaban J connectivity index is 2.81. The molecular weight excluding hydrogens is 488 g/mol. The fourth-order valence-corrected chi connectivity index (χ4v) is 4.84. The van der Waals surface area contributed by atoms with Gasteiger partial charge in [0, 0.05) is 13.0 Å². The van der Waals surface area contributed by atoms with Gasteiger partial charge in [0.05, 0.1) is 18.7 Å². The standard InChI is InChI=1S/C30H54O8/c1-6-8-11-17-24(37-26-20-13-15-23-36-26)18-16-22-30(27(32)33,28(34)38-29(3,4)5)21-14-10-9-12-19-25(31)35-7-2/h24,26H,6-23H2,1-5H3,(H,32,33)/p-1/t24-,26?,30?/m0/s1. The van der Waals surface area contributed by atoms with Crippen LogP contribution in [0.4, 0.5) is 0 Å². The molecule has 3 atom stereocenters. The zero-order valence-electron chi connectivity index (χ0n) is 24.6. The zero-order valence-corrected chi connectivity index (χ0v) is 24.6. The summed E-state index contributed by atoms with van der Waals surface area (Å²) >= 11 is 0. The minimum atomic E-state index is -1.70. The van der Waals surface area contributed by atoms with Crippen molar-refractivity contribution in [1.82, 2.24) is 0 Å². The molecule has 0 bridgehead atoms. The third-order valence-corrected chi connectivity index (χ3v) is 6.96. The number of rotatable bonds is 20. The Hall–Kier alpha value is -1.67. The topological polar surface area (TPSA) is 111 Å². The number of carbonyl (C=O) groups is 3. The van der Waals surface area contributed by atoms with E-state index >= 15 is 0 Å². The predicted molar refractivity (Wildman–Crippen MR) is 144 cm³/mol. The summed E-state index contributed by atoms with van der Waals surface area (Å²) in [6, 6.07) is 0. The van der Waals surface area contributed by atoms with Gasteiger partial charge in [-0.15, -0.1) is 0 Å². The van der Waals surface area contributed by atoms with Crippen LogP contribution in [0.2, 0.25) is 0 Å². The molecule has 0 N–H and O–H groups in total. The van der Waals surface area contributed by atoms with Gasteiger partial charge in [-0.05, 0) is 85.5 Å². The second-order valence-electron chi connectivity index (χ2n) is 11.5. The molecule has 0 aromatic carbocycles. The summed E-state index contributed by atoms with van der Waals surface area (Å²) in [4.78, 5) is 37.3. The summed E-state index contributed by atoms with van der Waals surface area (Å²) in [7, 11) is 0. The van der Waals surface area contributed by atoms with Crippen LogP contribution >= 0.6 is 0 Å². The number of carbonyl (C=O) groups excluding carboxylic acids is 3. The van der Waals surface area contributed by atoms with Crippen LogP contribution in [0.5, 0.6) is 0 Å². The molecule has 0 aliphatic carbocycles. The number of carboxylic acid groups (broad SMARTS) is 1. The fourth-order valence-electron chi connectivity index (χ4n) is 4.84. The summed E-state index contributed by atoms with van der Waals surface area (Å²) in [5.74, 6) is -2.33. The summed E-state index contributed by atoms with van der Waals surface area (Å²) in [6.45, 7) is 10.2. The van der Waals surface area contributed by atoms with Gasteiger partial charge >= 0.3 is 11.9 Å². The van der Waals surface area contributed by atoms with Gasteiger partial charge in [0.1, 0.15) is 11.0 Å².